The van der Waals surface area contributed by atoms with Crippen molar-refractivity contribution in [1.82, 2.24) is 14.1 Å². The molecule has 4 aromatic carbocycles. The van der Waals surface area contributed by atoms with Gasteiger partial charge < -0.3 is 4.57 Å². The average Bonchev–Trinajstić information content (AvgIpc) is 3.26. The van der Waals surface area contributed by atoms with Crippen LogP contribution >= 0.6 is 0 Å². The molecule has 35 heavy (non-hydrogen) atoms. The van der Waals surface area contributed by atoms with Crippen LogP contribution in [0.5, 0.6) is 0 Å². The molecule has 6 aromatic rings. The van der Waals surface area contributed by atoms with Gasteiger partial charge in [0, 0.05) is 29.2 Å². The van der Waals surface area contributed by atoms with Crippen molar-refractivity contribution in [2.24, 2.45) is 0 Å². The number of fused-ring (bicyclic) bond motifs is 2. The summed E-state index contributed by atoms with van der Waals surface area (Å²) < 4.78 is 3.95. The van der Waals surface area contributed by atoms with Crippen LogP contribution in [0.4, 0.5) is 0 Å². The van der Waals surface area contributed by atoms with Crippen LogP contribution in [0.2, 0.25) is 0 Å². The van der Waals surface area contributed by atoms with Gasteiger partial charge in [-0.05, 0) is 48.0 Å². The quantitative estimate of drug-likeness (QED) is 0.297. The van der Waals surface area contributed by atoms with E-state index in [9.17, 15) is 4.79 Å². The van der Waals surface area contributed by atoms with E-state index in [0.717, 1.165) is 23.2 Å². The van der Waals surface area contributed by atoms with Crippen LogP contribution in [-0.2, 0) is 6.54 Å². The molecule has 0 aliphatic carbocycles. The van der Waals surface area contributed by atoms with Gasteiger partial charge in [0.25, 0.3) is 5.56 Å². The minimum Gasteiger partial charge on any atom is -0.342 e. The predicted molar refractivity (Wildman–Crippen MR) is 144 cm³/mol. The molecule has 168 valence electrons. The van der Waals surface area contributed by atoms with Gasteiger partial charge in [0.2, 0.25) is 0 Å². The van der Waals surface area contributed by atoms with Gasteiger partial charge in [-0.25, -0.2) is 4.98 Å². The largest absolute Gasteiger partial charge is 0.342 e. The van der Waals surface area contributed by atoms with Crippen LogP contribution in [0.3, 0.4) is 0 Å². The zero-order chi connectivity index (χ0) is 23.6. The lowest BCUT2D eigenvalue weighted by molar-refractivity contribution is 0.836. The molecular formula is C31H23N3O. The lowest BCUT2D eigenvalue weighted by atomic mass is 10.1. The van der Waals surface area contributed by atoms with E-state index in [1.165, 1.54) is 11.1 Å². The van der Waals surface area contributed by atoms with Crippen molar-refractivity contribution in [2.75, 3.05) is 0 Å². The molecule has 0 radical (unpaired) electrons. The fourth-order valence-corrected chi connectivity index (χ4v) is 4.57. The summed E-state index contributed by atoms with van der Waals surface area (Å²) in [4.78, 5) is 18.3. The van der Waals surface area contributed by atoms with Crippen LogP contribution in [0.1, 0.15) is 17.0 Å². The Kier molecular flexibility index (Phi) is 5.32. The molecule has 4 heteroatoms. The SMILES string of the molecule is O=c1c2ccccc2nc(/C=C\c2cn(Cc3ccccc3)c3ccccc23)n1-c1ccccc1. The lowest BCUT2D eigenvalue weighted by Crippen LogP contribution is -2.22. The zero-order valence-corrected chi connectivity index (χ0v) is 19.1. The maximum Gasteiger partial charge on any atom is 0.266 e. The minimum absolute atomic E-state index is 0.0760. The van der Waals surface area contributed by atoms with E-state index >= 15 is 0 Å². The standard InChI is InChI=1S/C31H23N3O/c35-31-27-16-7-9-17-28(27)32-30(34(31)25-13-5-2-6-14-25)20-19-24-22-33(21-23-11-3-1-4-12-23)29-18-10-8-15-26(24)29/h1-20,22H,21H2/b20-19-. The van der Waals surface area contributed by atoms with Crippen molar-refractivity contribution >= 4 is 34.0 Å². The highest BCUT2D eigenvalue weighted by atomic mass is 16.1. The van der Waals surface area contributed by atoms with Crippen molar-refractivity contribution in [2.45, 2.75) is 6.54 Å². The molecule has 0 amide bonds. The van der Waals surface area contributed by atoms with Gasteiger partial charge in [-0.3, -0.25) is 9.36 Å². The Hall–Kier alpha value is -4.70. The zero-order valence-electron chi connectivity index (χ0n) is 19.1. The van der Waals surface area contributed by atoms with E-state index in [1.807, 2.05) is 66.7 Å². The number of rotatable bonds is 5. The van der Waals surface area contributed by atoms with Gasteiger partial charge in [0.05, 0.1) is 16.6 Å². The summed E-state index contributed by atoms with van der Waals surface area (Å²) >= 11 is 0. The van der Waals surface area contributed by atoms with Crippen LogP contribution in [0.25, 0.3) is 39.6 Å². The molecule has 0 N–H and O–H groups in total. The van der Waals surface area contributed by atoms with Gasteiger partial charge >= 0.3 is 0 Å². The number of aromatic nitrogens is 3. The Bertz CT molecular complexity index is 1730. The first-order valence-corrected chi connectivity index (χ1v) is 11.6. The summed E-state index contributed by atoms with van der Waals surface area (Å²) in [6.07, 6.45) is 6.16. The van der Waals surface area contributed by atoms with Crippen molar-refractivity contribution in [3.05, 3.63) is 143 Å². The van der Waals surface area contributed by atoms with Gasteiger partial charge in [-0.2, -0.15) is 0 Å². The average molecular weight is 454 g/mol. The van der Waals surface area contributed by atoms with Crippen molar-refractivity contribution in [3.63, 3.8) is 0 Å². The van der Waals surface area contributed by atoms with Crippen LogP contribution in [0, 0.1) is 0 Å². The topological polar surface area (TPSA) is 39.8 Å². The second kappa shape index (κ2) is 8.92. The summed E-state index contributed by atoms with van der Waals surface area (Å²) in [5.41, 5.74) is 4.91. The Morgan fingerprint density at radius 2 is 1.34 bits per heavy atom. The molecule has 0 aliphatic rings. The smallest absolute Gasteiger partial charge is 0.266 e. The van der Waals surface area contributed by atoms with Gasteiger partial charge in [0.1, 0.15) is 5.82 Å². The van der Waals surface area contributed by atoms with Gasteiger partial charge in [-0.1, -0.05) is 78.9 Å². The first-order valence-electron chi connectivity index (χ1n) is 11.6. The minimum atomic E-state index is -0.0760. The highest BCUT2D eigenvalue weighted by molar-refractivity contribution is 5.92. The Balaban J connectivity index is 1.49. The van der Waals surface area contributed by atoms with Crippen molar-refractivity contribution in [3.8, 4) is 5.69 Å². The first-order chi connectivity index (χ1) is 17.3. The Morgan fingerprint density at radius 1 is 0.686 bits per heavy atom. The molecule has 6 rings (SSSR count). The molecule has 0 bridgehead atoms. The molecule has 0 aliphatic heterocycles. The first kappa shape index (κ1) is 20.9. The van der Waals surface area contributed by atoms with E-state index in [-0.39, 0.29) is 5.56 Å². The van der Waals surface area contributed by atoms with Crippen LogP contribution in [-0.4, -0.2) is 14.1 Å². The van der Waals surface area contributed by atoms with E-state index in [4.69, 9.17) is 4.98 Å². The molecule has 0 fully saturated rings. The fourth-order valence-electron chi connectivity index (χ4n) is 4.57. The molecule has 0 unspecified atom stereocenters. The van der Waals surface area contributed by atoms with Gasteiger partial charge in [-0.15, -0.1) is 0 Å². The van der Waals surface area contributed by atoms with Crippen LogP contribution < -0.4 is 5.56 Å². The normalized spacial score (nSPS) is 11.5. The third-order valence-corrected chi connectivity index (χ3v) is 6.24. The second-order valence-corrected chi connectivity index (χ2v) is 8.51. The molecule has 0 saturated heterocycles. The maximum absolute atomic E-state index is 13.5. The number of para-hydroxylation sites is 3. The highest BCUT2D eigenvalue weighted by Crippen LogP contribution is 2.25. The third-order valence-electron chi connectivity index (χ3n) is 6.24. The molecule has 0 saturated carbocycles. The molecule has 0 atom stereocenters. The summed E-state index contributed by atoms with van der Waals surface area (Å²) in [6.45, 7) is 0.790. The number of hydrogen-bond donors (Lipinski definition) is 0. The van der Waals surface area contributed by atoms with E-state index in [1.54, 1.807) is 4.57 Å². The van der Waals surface area contributed by atoms with Crippen molar-refractivity contribution in [1.29, 1.82) is 0 Å². The lowest BCUT2D eigenvalue weighted by Gasteiger charge is -2.11. The van der Waals surface area contributed by atoms with E-state index in [2.05, 4.69) is 65.4 Å². The Morgan fingerprint density at radius 3 is 2.14 bits per heavy atom. The third kappa shape index (κ3) is 3.96. The summed E-state index contributed by atoms with van der Waals surface area (Å²) in [5.74, 6) is 0.597. The monoisotopic (exact) mass is 453 g/mol. The van der Waals surface area contributed by atoms with E-state index in [0.29, 0.717) is 16.7 Å². The summed E-state index contributed by atoms with van der Waals surface area (Å²) in [7, 11) is 0. The Labute approximate surface area is 203 Å². The maximum atomic E-state index is 13.5. The highest BCUT2D eigenvalue weighted by Gasteiger charge is 2.12. The summed E-state index contributed by atoms with van der Waals surface area (Å²) in [6, 6.07) is 36.0. The second-order valence-electron chi connectivity index (χ2n) is 8.51. The van der Waals surface area contributed by atoms with Crippen molar-refractivity contribution < 1.29 is 0 Å². The van der Waals surface area contributed by atoms with Crippen LogP contribution in [0.15, 0.2) is 120 Å². The molecule has 2 aromatic heterocycles. The molecular weight excluding hydrogens is 430 g/mol. The number of hydrogen-bond acceptors (Lipinski definition) is 2. The van der Waals surface area contributed by atoms with Gasteiger partial charge in [0.15, 0.2) is 0 Å². The summed E-state index contributed by atoms with van der Waals surface area (Å²) in [5, 5.41) is 1.77. The number of nitrogens with zero attached hydrogens (tertiary/aromatic N) is 3. The van der Waals surface area contributed by atoms with E-state index < -0.39 is 0 Å². The molecule has 2 heterocycles. The predicted octanol–water partition coefficient (Wildman–Crippen LogP) is 6.56. The molecule has 4 nitrogen and oxygen atoms in total. The fraction of sp³-hybridized carbons (Fsp3) is 0.0323. The number of benzene rings is 4. The molecule has 0 spiro atoms.